The second-order valence-corrected chi connectivity index (χ2v) is 5.46. The summed E-state index contributed by atoms with van der Waals surface area (Å²) < 4.78 is 5.62. The molecule has 0 aliphatic rings. The van der Waals surface area contributed by atoms with Gasteiger partial charge >= 0.3 is 0 Å². The van der Waals surface area contributed by atoms with Crippen LogP contribution in [0.2, 0.25) is 0 Å². The molecule has 23 heavy (non-hydrogen) atoms. The molecule has 4 heteroatoms. The van der Waals surface area contributed by atoms with E-state index in [1.54, 1.807) is 31.2 Å². The number of hydroxylamine groups is 2. The van der Waals surface area contributed by atoms with Gasteiger partial charge in [0, 0.05) is 5.56 Å². The Morgan fingerprint density at radius 2 is 1.78 bits per heavy atom. The highest BCUT2D eigenvalue weighted by atomic mass is 16.5. The third-order valence-electron chi connectivity index (χ3n) is 3.72. The lowest BCUT2D eigenvalue weighted by atomic mass is 10.1. The lowest BCUT2D eigenvalue weighted by Crippen LogP contribution is -2.30. The number of carbonyl (C=O) groups is 1. The third-order valence-corrected chi connectivity index (χ3v) is 3.72. The summed E-state index contributed by atoms with van der Waals surface area (Å²) in [4.78, 5) is 12.3. The van der Waals surface area contributed by atoms with Crippen LogP contribution >= 0.6 is 0 Å². The average Bonchev–Trinajstić information content (AvgIpc) is 2.61. The van der Waals surface area contributed by atoms with Gasteiger partial charge in [-0.15, -0.1) is 0 Å². The molecule has 2 aromatic carbocycles. The second kappa shape index (κ2) is 8.34. The van der Waals surface area contributed by atoms with Gasteiger partial charge in [-0.1, -0.05) is 43.7 Å². The molecule has 2 aromatic rings. The molecule has 1 unspecified atom stereocenters. The minimum atomic E-state index is -0.438. The van der Waals surface area contributed by atoms with Gasteiger partial charge in [-0.25, -0.2) is 5.06 Å². The zero-order valence-electron chi connectivity index (χ0n) is 13.6. The number of amides is 1. The van der Waals surface area contributed by atoms with E-state index >= 15 is 0 Å². The van der Waals surface area contributed by atoms with E-state index < -0.39 is 11.9 Å². The molecule has 0 heterocycles. The van der Waals surface area contributed by atoms with E-state index in [-0.39, 0.29) is 0 Å². The summed E-state index contributed by atoms with van der Waals surface area (Å²) in [5.74, 6) is 0.384. The van der Waals surface area contributed by atoms with Crippen LogP contribution in [-0.4, -0.2) is 22.8 Å². The van der Waals surface area contributed by atoms with Crippen molar-refractivity contribution in [3.63, 3.8) is 0 Å². The number of ether oxygens (including phenoxy) is 1. The molecule has 0 aliphatic carbocycles. The monoisotopic (exact) mass is 313 g/mol. The van der Waals surface area contributed by atoms with E-state index in [2.05, 4.69) is 6.92 Å². The van der Waals surface area contributed by atoms with Crippen LogP contribution in [0.15, 0.2) is 54.6 Å². The Morgan fingerprint density at radius 3 is 2.39 bits per heavy atom. The van der Waals surface area contributed by atoms with Crippen LogP contribution in [0.1, 0.15) is 48.7 Å². The fourth-order valence-electron chi connectivity index (χ4n) is 2.21. The van der Waals surface area contributed by atoms with Gasteiger partial charge in [-0.05, 0) is 43.2 Å². The number of nitrogens with zero attached hydrogens (tertiary/aromatic N) is 1. The summed E-state index contributed by atoms with van der Waals surface area (Å²) in [5.41, 5.74) is 1.31. The third kappa shape index (κ3) is 4.57. The maximum Gasteiger partial charge on any atom is 0.277 e. The molecule has 0 bridgehead atoms. The molecule has 0 saturated carbocycles. The number of benzene rings is 2. The smallest absolute Gasteiger partial charge is 0.277 e. The maximum absolute atomic E-state index is 12.3. The van der Waals surface area contributed by atoms with Crippen molar-refractivity contribution in [2.45, 2.75) is 32.7 Å². The van der Waals surface area contributed by atoms with Crippen molar-refractivity contribution in [3.05, 3.63) is 65.7 Å². The number of carbonyl (C=O) groups excluding carboxylic acids is 1. The lowest BCUT2D eigenvalue weighted by Gasteiger charge is -2.23. The van der Waals surface area contributed by atoms with Crippen LogP contribution < -0.4 is 4.74 Å². The highest BCUT2D eigenvalue weighted by molar-refractivity contribution is 5.93. The van der Waals surface area contributed by atoms with Crippen molar-refractivity contribution in [2.75, 3.05) is 6.61 Å². The Kier molecular flexibility index (Phi) is 6.18. The molecular formula is C19H23NO3. The summed E-state index contributed by atoms with van der Waals surface area (Å²) in [5, 5.41) is 11.0. The Balaban J connectivity index is 2.01. The standard InChI is InChI=1S/C19H23NO3/c1-3-4-14-23-18-12-10-16(11-13-18)15(2)20(22)19(21)17-8-6-5-7-9-17/h5-13,15,22H,3-4,14H2,1-2H3. The Morgan fingerprint density at radius 1 is 1.13 bits per heavy atom. The second-order valence-electron chi connectivity index (χ2n) is 5.46. The minimum absolute atomic E-state index is 0.415. The maximum atomic E-state index is 12.3. The zero-order valence-corrected chi connectivity index (χ0v) is 13.6. The molecular weight excluding hydrogens is 290 g/mol. The zero-order chi connectivity index (χ0) is 16.7. The molecule has 2 rings (SSSR count). The van der Waals surface area contributed by atoms with Crippen molar-refractivity contribution < 1.29 is 14.7 Å². The predicted molar refractivity (Wildman–Crippen MR) is 89.7 cm³/mol. The summed E-state index contributed by atoms with van der Waals surface area (Å²) >= 11 is 0. The van der Waals surface area contributed by atoms with Gasteiger partial charge in [0.25, 0.3) is 5.91 Å². The molecule has 1 amide bonds. The fourth-order valence-corrected chi connectivity index (χ4v) is 2.21. The van der Waals surface area contributed by atoms with Crippen molar-refractivity contribution in [2.24, 2.45) is 0 Å². The largest absolute Gasteiger partial charge is 0.494 e. The molecule has 1 atom stereocenters. The highest BCUT2D eigenvalue weighted by Gasteiger charge is 2.20. The summed E-state index contributed by atoms with van der Waals surface area (Å²) in [7, 11) is 0. The predicted octanol–water partition coefficient (Wildman–Crippen LogP) is 4.46. The van der Waals surface area contributed by atoms with Crippen LogP contribution in [0.4, 0.5) is 0 Å². The van der Waals surface area contributed by atoms with E-state index in [0.29, 0.717) is 12.2 Å². The van der Waals surface area contributed by atoms with Crippen molar-refractivity contribution in [1.82, 2.24) is 5.06 Å². The van der Waals surface area contributed by atoms with E-state index in [0.717, 1.165) is 29.2 Å². The van der Waals surface area contributed by atoms with Gasteiger partial charge < -0.3 is 4.74 Å². The first-order valence-corrected chi connectivity index (χ1v) is 7.93. The summed E-state index contributed by atoms with van der Waals surface area (Å²) in [6, 6.07) is 15.8. The van der Waals surface area contributed by atoms with Crippen molar-refractivity contribution in [1.29, 1.82) is 0 Å². The van der Waals surface area contributed by atoms with E-state index in [1.165, 1.54) is 0 Å². The Hall–Kier alpha value is -2.33. The first-order chi connectivity index (χ1) is 11.1. The Labute approximate surface area is 137 Å². The number of unbranched alkanes of at least 4 members (excludes halogenated alkanes) is 1. The molecule has 0 aromatic heterocycles. The minimum Gasteiger partial charge on any atom is -0.494 e. The van der Waals surface area contributed by atoms with Crippen molar-refractivity contribution >= 4 is 5.91 Å². The van der Waals surface area contributed by atoms with Crippen molar-refractivity contribution in [3.8, 4) is 5.75 Å². The summed E-state index contributed by atoms with van der Waals surface area (Å²) in [6.45, 7) is 4.60. The molecule has 0 spiro atoms. The fraction of sp³-hybridized carbons (Fsp3) is 0.316. The molecule has 122 valence electrons. The first kappa shape index (κ1) is 17.0. The number of hydrogen-bond acceptors (Lipinski definition) is 3. The van der Waals surface area contributed by atoms with Crippen LogP contribution in [0.5, 0.6) is 5.75 Å². The molecule has 0 aliphatic heterocycles. The molecule has 4 nitrogen and oxygen atoms in total. The number of rotatable bonds is 7. The van der Waals surface area contributed by atoms with Crippen LogP contribution in [0.3, 0.4) is 0 Å². The van der Waals surface area contributed by atoms with Gasteiger partial charge in [-0.2, -0.15) is 0 Å². The Bertz CT molecular complexity index is 610. The average molecular weight is 313 g/mol. The normalized spacial score (nSPS) is 11.8. The van der Waals surface area contributed by atoms with Gasteiger partial charge in [-0.3, -0.25) is 10.0 Å². The van der Waals surface area contributed by atoms with Gasteiger partial charge in [0.1, 0.15) is 5.75 Å². The van der Waals surface area contributed by atoms with Crippen LogP contribution in [0.25, 0.3) is 0 Å². The molecule has 0 fully saturated rings. The number of hydrogen-bond donors (Lipinski definition) is 1. The highest BCUT2D eigenvalue weighted by Crippen LogP contribution is 2.23. The quantitative estimate of drug-likeness (QED) is 0.466. The van der Waals surface area contributed by atoms with E-state index in [9.17, 15) is 10.0 Å². The molecule has 1 N–H and O–H groups in total. The topological polar surface area (TPSA) is 49.8 Å². The van der Waals surface area contributed by atoms with Gasteiger partial charge in [0.15, 0.2) is 0 Å². The van der Waals surface area contributed by atoms with E-state index in [4.69, 9.17) is 4.74 Å². The lowest BCUT2D eigenvalue weighted by molar-refractivity contribution is -0.0854. The first-order valence-electron chi connectivity index (χ1n) is 7.93. The van der Waals surface area contributed by atoms with Gasteiger partial charge in [0.2, 0.25) is 0 Å². The van der Waals surface area contributed by atoms with Crippen LogP contribution in [0, 0.1) is 0 Å². The molecule has 0 radical (unpaired) electrons. The summed E-state index contributed by atoms with van der Waals surface area (Å²) in [6.07, 6.45) is 2.12. The van der Waals surface area contributed by atoms with Gasteiger partial charge in [0.05, 0.1) is 12.6 Å². The van der Waals surface area contributed by atoms with E-state index in [1.807, 2.05) is 30.3 Å². The molecule has 0 saturated heterocycles. The SMILES string of the molecule is CCCCOc1ccc(C(C)N(O)C(=O)c2ccccc2)cc1. The van der Waals surface area contributed by atoms with Crippen LogP contribution in [-0.2, 0) is 0 Å².